The highest BCUT2D eigenvalue weighted by Gasteiger charge is 2.19. The van der Waals surface area contributed by atoms with Crippen molar-refractivity contribution < 1.29 is 9.59 Å². The van der Waals surface area contributed by atoms with Crippen molar-refractivity contribution in [1.82, 2.24) is 5.32 Å². The van der Waals surface area contributed by atoms with E-state index in [0.717, 1.165) is 12.8 Å². The third-order valence-corrected chi connectivity index (χ3v) is 2.34. The van der Waals surface area contributed by atoms with Gasteiger partial charge in [0.15, 0.2) is 0 Å². The van der Waals surface area contributed by atoms with Crippen LogP contribution in [0.2, 0.25) is 0 Å². The van der Waals surface area contributed by atoms with Gasteiger partial charge in [-0.05, 0) is 30.4 Å². The van der Waals surface area contributed by atoms with E-state index in [2.05, 4.69) is 5.32 Å². The van der Waals surface area contributed by atoms with E-state index in [1.54, 1.807) is 0 Å². The van der Waals surface area contributed by atoms with Crippen molar-refractivity contribution in [2.24, 2.45) is 5.92 Å². The van der Waals surface area contributed by atoms with Gasteiger partial charge in [0.25, 0.3) is 0 Å². The molecule has 0 aliphatic carbocycles. The molecule has 0 saturated carbocycles. The molecule has 15 heavy (non-hydrogen) atoms. The summed E-state index contributed by atoms with van der Waals surface area (Å²) < 4.78 is 0. The quantitative estimate of drug-likeness (QED) is 0.687. The van der Waals surface area contributed by atoms with E-state index in [4.69, 9.17) is 11.6 Å². The van der Waals surface area contributed by atoms with Crippen molar-refractivity contribution >= 4 is 22.8 Å². The Kier molecular flexibility index (Phi) is 7.39. The fraction of sp³-hybridized carbons (Fsp3) is 0.818. The van der Waals surface area contributed by atoms with Gasteiger partial charge in [0.05, 0.1) is 0 Å². The van der Waals surface area contributed by atoms with Crippen LogP contribution >= 0.6 is 11.6 Å². The Morgan fingerprint density at radius 3 is 2.33 bits per heavy atom. The van der Waals surface area contributed by atoms with E-state index in [-0.39, 0.29) is 5.91 Å². The van der Waals surface area contributed by atoms with Gasteiger partial charge in [0.1, 0.15) is 6.04 Å². The average Bonchev–Trinajstić information content (AvgIpc) is 2.12. The van der Waals surface area contributed by atoms with Crippen LogP contribution in [0.3, 0.4) is 0 Å². The molecule has 4 heteroatoms. The zero-order valence-electron chi connectivity index (χ0n) is 9.68. The van der Waals surface area contributed by atoms with Crippen LogP contribution in [-0.2, 0) is 9.59 Å². The normalized spacial score (nSPS) is 12.6. The number of unbranched alkanes of at least 4 members (excludes halogenated alkanes) is 1. The van der Waals surface area contributed by atoms with Crippen molar-refractivity contribution in [3.8, 4) is 0 Å². The molecule has 1 N–H and O–H groups in total. The SMILES string of the molecule is CCCCC(=O)NC(CC(C)C)C(=O)Cl. The summed E-state index contributed by atoms with van der Waals surface area (Å²) in [5.74, 6) is 0.251. The average molecular weight is 234 g/mol. The lowest BCUT2D eigenvalue weighted by atomic mass is 10.0. The second-order valence-corrected chi connectivity index (χ2v) is 4.53. The van der Waals surface area contributed by atoms with E-state index in [1.165, 1.54) is 0 Å². The summed E-state index contributed by atoms with van der Waals surface area (Å²) >= 11 is 5.41. The van der Waals surface area contributed by atoms with Crippen molar-refractivity contribution in [2.75, 3.05) is 0 Å². The molecule has 88 valence electrons. The molecular weight excluding hydrogens is 214 g/mol. The molecule has 0 bridgehead atoms. The molecule has 0 aromatic heterocycles. The number of amides is 1. The van der Waals surface area contributed by atoms with Crippen LogP contribution in [0.15, 0.2) is 0 Å². The van der Waals surface area contributed by atoms with Gasteiger partial charge in [0, 0.05) is 6.42 Å². The Bertz CT molecular complexity index is 217. The highest BCUT2D eigenvalue weighted by molar-refractivity contribution is 6.64. The van der Waals surface area contributed by atoms with Gasteiger partial charge >= 0.3 is 0 Å². The maximum atomic E-state index is 11.4. The minimum Gasteiger partial charge on any atom is -0.345 e. The molecule has 0 spiro atoms. The number of carbonyl (C=O) groups excluding carboxylic acids is 2. The number of hydrogen-bond donors (Lipinski definition) is 1. The zero-order chi connectivity index (χ0) is 11.8. The summed E-state index contributed by atoms with van der Waals surface area (Å²) in [5, 5.41) is 2.18. The molecule has 0 aliphatic rings. The first-order valence-corrected chi connectivity index (χ1v) is 5.83. The molecule has 0 aromatic carbocycles. The molecular formula is C11H20ClNO2. The lowest BCUT2D eigenvalue weighted by molar-refractivity contribution is -0.125. The van der Waals surface area contributed by atoms with E-state index in [1.807, 2.05) is 20.8 Å². The molecule has 1 atom stereocenters. The number of hydrogen-bond acceptors (Lipinski definition) is 2. The third kappa shape index (κ3) is 7.37. The molecule has 0 radical (unpaired) electrons. The molecule has 0 fully saturated rings. The topological polar surface area (TPSA) is 46.2 Å². The number of carbonyl (C=O) groups is 2. The molecule has 0 rings (SSSR count). The van der Waals surface area contributed by atoms with Crippen LogP contribution < -0.4 is 5.32 Å². The monoisotopic (exact) mass is 233 g/mol. The van der Waals surface area contributed by atoms with E-state index in [0.29, 0.717) is 18.8 Å². The van der Waals surface area contributed by atoms with Crippen molar-refractivity contribution in [3.05, 3.63) is 0 Å². The van der Waals surface area contributed by atoms with Gasteiger partial charge in [-0.25, -0.2) is 0 Å². The third-order valence-electron chi connectivity index (χ3n) is 2.07. The van der Waals surface area contributed by atoms with Crippen LogP contribution in [0.4, 0.5) is 0 Å². The van der Waals surface area contributed by atoms with Crippen LogP contribution in [0.1, 0.15) is 46.5 Å². The smallest absolute Gasteiger partial charge is 0.244 e. The molecule has 3 nitrogen and oxygen atoms in total. The van der Waals surface area contributed by atoms with Crippen molar-refractivity contribution in [2.45, 2.75) is 52.5 Å². The molecule has 0 aliphatic heterocycles. The van der Waals surface area contributed by atoms with Crippen LogP contribution in [0.25, 0.3) is 0 Å². The first-order chi connectivity index (χ1) is 6.97. The fourth-order valence-corrected chi connectivity index (χ4v) is 1.43. The summed E-state index contributed by atoms with van der Waals surface area (Å²) in [6.07, 6.45) is 2.88. The lowest BCUT2D eigenvalue weighted by Gasteiger charge is -2.16. The van der Waals surface area contributed by atoms with Gasteiger partial charge in [0.2, 0.25) is 11.1 Å². The summed E-state index contributed by atoms with van der Waals surface area (Å²) in [5.41, 5.74) is 0. The van der Waals surface area contributed by atoms with Crippen LogP contribution in [0.5, 0.6) is 0 Å². The number of nitrogens with one attached hydrogen (secondary N) is 1. The van der Waals surface area contributed by atoms with Gasteiger partial charge in [-0.1, -0.05) is 27.2 Å². The van der Waals surface area contributed by atoms with Gasteiger partial charge in [-0.2, -0.15) is 0 Å². The summed E-state index contributed by atoms with van der Waals surface area (Å²) in [6, 6.07) is -0.531. The Hall–Kier alpha value is -0.570. The second kappa shape index (κ2) is 7.69. The zero-order valence-corrected chi connectivity index (χ0v) is 10.4. The number of halogens is 1. The Labute approximate surface area is 96.6 Å². The largest absolute Gasteiger partial charge is 0.345 e. The molecule has 0 saturated heterocycles. The molecule has 0 heterocycles. The molecule has 1 unspecified atom stereocenters. The second-order valence-electron chi connectivity index (χ2n) is 4.16. The van der Waals surface area contributed by atoms with Crippen LogP contribution in [-0.4, -0.2) is 17.2 Å². The fourth-order valence-electron chi connectivity index (χ4n) is 1.28. The maximum absolute atomic E-state index is 11.4. The standard InChI is InChI=1S/C11H20ClNO2/c1-4-5-6-10(14)13-9(11(12)15)7-8(2)3/h8-9H,4-7H2,1-3H3,(H,13,14). The maximum Gasteiger partial charge on any atom is 0.244 e. The minimum absolute atomic E-state index is 0.0866. The Morgan fingerprint density at radius 1 is 1.33 bits per heavy atom. The van der Waals surface area contributed by atoms with E-state index in [9.17, 15) is 9.59 Å². The summed E-state index contributed by atoms with van der Waals surface area (Å²) in [7, 11) is 0. The van der Waals surface area contributed by atoms with Crippen molar-refractivity contribution in [3.63, 3.8) is 0 Å². The van der Waals surface area contributed by atoms with Crippen molar-refractivity contribution in [1.29, 1.82) is 0 Å². The van der Waals surface area contributed by atoms with E-state index >= 15 is 0 Å². The molecule has 1 amide bonds. The number of rotatable bonds is 7. The van der Waals surface area contributed by atoms with E-state index < -0.39 is 11.3 Å². The first-order valence-electron chi connectivity index (χ1n) is 5.46. The van der Waals surface area contributed by atoms with Gasteiger partial charge in [-0.3, -0.25) is 9.59 Å². The molecule has 0 aromatic rings. The first kappa shape index (κ1) is 14.4. The summed E-state index contributed by atoms with van der Waals surface area (Å²) in [4.78, 5) is 22.4. The predicted molar refractivity (Wildman–Crippen MR) is 61.8 cm³/mol. The minimum atomic E-state index is -0.531. The van der Waals surface area contributed by atoms with Gasteiger partial charge < -0.3 is 5.32 Å². The predicted octanol–water partition coefficient (Wildman–Crippen LogP) is 2.47. The Morgan fingerprint density at radius 2 is 1.93 bits per heavy atom. The van der Waals surface area contributed by atoms with Gasteiger partial charge in [-0.15, -0.1) is 0 Å². The summed E-state index contributed by atoms with van der Waals surface area (Å²) in [6.45, 7) is 6.00. The highest BCUT2D eigenvalue weighted by Crippen LogP contribution is 2.08. The Balaban J connectivity index is 4.05. The highest BCUT2D eigenvalue weighted by atomic mass is 35.5. The van der Waals surface area contributed by atoms with Crippen LogP contribution in [0, 0.1) is 5.92 Å². The lowest BCUT2D eigenvalue weighted by Crippen LogP contribution is -2.39.